The van der Waals surface area contributed by atoms with Crippen molar-refractivity contribution in [3.05, 3.63) is 24.0 Å². The predicted molar refractivity (Wildman–Crippen MR) is 59.8 cm³/mol. The van der Waals surface area contributed by atoms with Gasteiger partial charge < -0.3 is 10.2 Å². The first-order valence-corrected chi connectivity index (χ1v) is 4.73. The van der Waals surface area contributed by atoms with Gasteiger partial charge >= 0.3 is 0 Å². The summed E-state index contributed by atoms with van der Waals surface area (Å²) in [7, 11) is 1.56. The number of benzene rings is 1. The first-order valence-electron chi connectivity index (χ1n) is 4.73. The van der Waals surface area contributed by atoms with E-state index >= 15 is 0 Å². The average Bonchev–Trinajstić information content (AvgIpc) is 2.15. The smallest absolute Gasteiger partial charge is 0.223 e. The Balaban J connectivity index is 3.16. The molecule has 0 fully saturated rings. The molecule has 86 valence electrons. The molecule has 5 heteroatoms. The van der Waals surface area contributed by atoms with E-state index in [2.05, 4.69) is 5.32 Å². The lowest BCUT2D eigenvalue weighted by atomic mass is 10.2. The Kier molecular flexibility index (Phi) is 3.60. The van der Waals surface area contributed by atoms with Crippen molar-refractivity contribution in [2.45, 2.75) is 13.8 Å². The summed E-state index contributed by atoms with van der Waals surface area (Å²) < 4.78 is 13.0. The average molecular weight is 224 g/mol. The van der Waals surface area contributed by atoms with E-state index in [9.17, 15) is 14.0 Å². The molecule has 0 aliphatic rings. The third kappa shape index (κ3) is 2.79. The highest BCUT2D eigenvalue weighted by Gasteiger charge is 2.12. The molecule has 1 N–H and O–H groups in total. The van der Waals surface area contributed by atoms with Crippen LogP contribution in [0.15, 0.2) is 18.2 Å². The van der Waals surface area contributed by atoms with Crippen LogP contribution >= 0.6 is 0 Å². The number of carbonyl (C=O) groups excluding carboxylic acids is 2. The number of anilines is 2. The quantitative estimate of drug-likeness (QED) is 0.832. The molecule has 1 aromatic carbocycles. The van der Waals surface area contributed by atoms with Crippen molar-refractivity contribution in [1.82, 2.24) is 0 Å². The van der Waals surface area contributed by atoms with Gasteiger partial charge in [0.1, 0.15) is 5.82 Å². The van der Waals surface area contributed by atoms with Crippen LogP contribution in [0.2, 0.25) is 0 Å². The Labute approximate surface area is 93.1 Å². The third-order valence-corrected chi connectivity index (χ3v) is 2.10. The van der Waals surface area contributed by atoms with E-state index in [4.69, 9.17) is 0 Å². The van der Waals surface area contributed by atoms with Crippen molar-refractivity contribution < 1.29 is 14.0 Å². The minimum atomic E-state index is -0.468. The molecular weight excluding hydrogens is 211 g/mol. The molecule has 0 unspecified atom stereocenters. The highest BCUT2D eigenvalue weighted by Crippen LogP contribution is 2.26. The van der Waals surface area contributed by atoms with E-state index in [1.165, 1.54) is 36.9 Å². The van der Waals surface area contributed by atoms with Gasteiger partial charge in [-0.15, -0.1) is 0 Å². The van der Waals surface area contributed by atoms with Crippen LogP contribution in [0.25, 0.3) is 0 Å². The molecule has 0 bridgehead atoms. The molecule has 0 aliphatic heterocycles. The van der Waals surface area contributed by atoms with Crippen molar-refractivity contribution in [2.24, 2.45) is 0 Å². The Hall–Kier alpha value is -1.91. The monoisotopic (exact) mass is 224 g/mol. The molecule has 0 saturated carbocycles. The van der Waals surface area contributed by atoms with Gasteiger partial charge in [0.2, 0.25) is 11.8 Å². The first kappa shape index (κ1) is 12.2. The fourth-order valence-corrected chi connectivity index (χ4v) is 1.26. The van der Waals surface area contributed by atoms with Crippen molar-refractivity contribution in [2.75, 3.05) is 17.3 Å². The van der Waals surface area contributed by atoms with Gasteiger partial charge in [-0.05, 0) is 18.2 Å². The second-order valence-corrected chi connectivity index (χ2v) is 3.42. The molecule has 2 amide bonds. The van der Waals surface area contributed by atoms with Crippen LogP contribution in [0, 0.1) is 5.82 Å². The molecule has 1 aromatic rings. The molecule has 0 radical (unpaired) electrons. The van der Waals surface area contributed by atoms with Gasteiger partial charge in [-0.25, -0.2) is 4.39 Å². The van der Waals surface area contributed by atoms with Gasteiger partial charge in [-0.1, -0.05) is 0 Å². The highest BCUT2D eigenvalue weighted by molar-refractivity contribution is 5.99. The van der Waals surface area contributed by atoms with E-state index in [0.29, 0.717) is 5.69 Å². The lowest BCUT2D eigenvalue weighted by Crippen LogP contribution is -2.24. The Bertz CT molecular complexity index is 432. The van der Waals surface area contributed by atoms with Crippen LogP contribution < -0.4 is 10.2 Å². The number of amides is 2. The van der Waals surface area contributed by atoms with Gasteiger partial charge in [-0.2, -0.15) is 0 Å². The summed E-state index contributed by atoms with van der Waals surface area (Å²) in [6, 6.07) is 3.86. The van der Waals surface area contributed by atoms with Gasteiger partial charge in [0.25, 0.3) is 0 Å². The zero-order valence-electron chi connectivity index (χ0n) is 9.37. The van der Waals surface area contributed by atoms with Crippen LogP contribution in [0.1, 0.15) is 13.8 Å². The Morgan fingerprint density at radius 3 is 2.44 bits per heavy atom. The summed E-state index contributed by atoms with van der Waals surface area (Å²) in [6.07, 6.45) is 0. The van der Waals surface area contributed by atoms with Crippen LogP contribution in [0.5, 0.6) is 0 Å². The van der Waals surface area contributed by atoms with Crippen molar-refractivity contribution in [1.29, 1.82) is 0 Å². The maximum absolute atomic E-state index is 13.0. The second kappa shape index (κ2) is 4.74. The Morgan fingerprint density at radius 1 is 1.31 bits per heavy atom. The fourth-order valence-electron chi connectivity index (χ4n) is 1.26. The normalized spacial score (nSPS) is 9.75. The topological polar surface area (TPSA) is 49.4 Å². The zero-order chi connectivity index (χ0) is 12.3. The van der Waals surface area contributed by atoms with E-state index < -0.39 is 5.82 Å². The third-order valence-electron chi connectivity index (χ3n) is 2.10. The minimum Gasteiger partial charge on any atom is -0.324 e. The molecule has 1 rings (SSSR count). The van der Waals surface area contributed by atoms with Gasteiger partial charge in [0, 0.05) is 20.9 Å². The number of nitrogens with zero attached hydrogens (tertiary/aromatic N) is 1. The van der Waals surface area contributed by atoms with Crippen LogP contribution in [-0.4, -0.2) is 18.9 Å². The lowest BCUT2D eigenvalue weighted by Gasteiger charge is -2.19. The van der Waals surface area contributed by atoms with E-state index in [1.54, 1.807) is 7.05 Å². The second-order valence-electron chi connectivity index (χ2n) is 3.42. The number of rotatable bonds is 2. The van der Waals surface area contributed by atoms with Crippen molar-refractivity contribution >= 4 is 23.2 Å². The number of hydrogen-bond donors (Lipinski definition) is 1. The summed E-state index contributed by atoms with van der Waals surface area (Å²) in [5, 5.41) is 2.48. The molecule has 0 saturated heterocycles. The number of hydrogen-bond acceptors (Lipinski definition) is 2. The molecule has 0 aliphatic carbocycles. The summed E-state index contributed by atoms with van der Waals surface area (Å²) in [4.78, 5) is 23.5. The maximum atomic E-state index is 13.0. The number of nitrogens with one attached hydrogen (secondary N) is 1. The minimum absolute atomic E-state index is 0.196. The molecule has 4 nitrogen and oxygen atoms in total. The van der Waals surface area contributed by atoms with Crippen molar-refractivity contribution in [3.63, 3.8) is 0 Å². The van der Waals surface area contributed by atoms with Gasteiger partial charge in [0.05, 0.1) is 11.4 Å². The Morgan fingerprint density at radius 2 is 1.94 bits per heavy atom. The summed E-state index contributed by atoms with van der Waals surface area (Å²) in [5.41, 5.74) is 0.745. The SMILES string of the molecule is CC(=O)Nc1cc(F)ccc1N(C)C(C)=O. The zero-order valence-corrected chi connectivity index (χ0v) is 9.37. The van der Waals surface area contributed by atoms with Crippen LogP contribution in [0.3, 0.4) is 0 Å². The van der Waals surface area contributed by atoms with Crippen LogP contribution in [0.4, 0.5) is 15.8 Å². The van der Waals surface area contributed by atoms with Crippen molar-refractivity contribution in [3.8, 4) is 0 Å². The molecule has 0 spiro atoms. The molecule has 0 aromatic heterocycles. The molecule has 16 heavy (non-hydrogen) atoms. The number of carbonyl (C=O) groups is 2. The number of halogens is 1. The van der Waals surface area contributed by atoms with Crippen LogP contribution in [-0.2, 0) is 9.59 Å². The van der Waals surface area contributed by atoms with E-state index in [1.807, 2.05) is 0 Å². The summed E-state index contributed by atoms with van der Waals surface area (Å²) in [5.74, 6) is -0.980. The van der Waals surface area contributed by atoms with Gasteiger partial charge in [0.15, 0.2) is 0 Å². The molecular formula is C11H13FN2O2. The lowest BCUT2D eigenvalue weighted by molar-refractivity contribution is -0.116. The fraction of sp³-hybridized carbons (Fsp3) is 0.273. The van der Waals surface area contributed by atoms with E-state index in [0.717, 1.165) is 0 Å². The first-order chi connectivity index (χ1) is 7.41. The predicted octanol–water partition coefficient (Wildman–Crippen LogP) is 1.77. The molecule has 0 heterocycles. The largest absolute Gasteiger partial charge is 0.324 e. The summed E-state index contributed by atoms with van der Waals surface area (Å²) in [6.45, 7) is 2.71. The maximum Gasteiger partial charge on any atom is 0.223 e. The van der Waals surface area contributed by atoms with Gasteiger partial charge in [-0.3, -0.25) is 9.59 Å². The summed E-state index contributed by atoms with van der Waals surface area (Å²) >= 11 is 0. The highest BCUT2D eigenvalue weighted by atomic mass is 19.1. The standard InChI is InChI=1S/C11H13FN2O2/c1-7(15)13-10-6-9(12)4-5-11(10)14(3)8(2)16/h4-6H,1-3H3,(H,13,15). The molecule has 0 atom stereocenters. The van der Waals surface area contributed by atoms with E-state index in [-0.39, 0.29) is 17.5 Å².